The van der Waals surface area contributed by atoms with Gasteiger partial charge in [-0.2, -0.15) is 5.10 Å². The van der Waals surface area contributed by atoms with Gasteiger partial charge < -0.3 is 5.32 Å². The topological polar surface area (TPSA) is 29.9 Å². The van der Waals surface area contributed by atoms with Crippen LogP contribution in [0.5, 0.6) is 0 Å². The van der Waals surface area contributed by atoms with Gasteiger partial charge in [-0.1, -0.05) is 13.3 Å². The van der Waals surface area contributed by atoms with Crippen LogP contribution in [-0.2, 0) is 13.5 Å². The lowest BCUT2D eigenvalue weighted by Crippen LogP contribution is -2.27. The molecule has 0 bridgehead atoms. The number of hydrogen-bond acceptors (Lipinski definition) is 2. The highest BCUT2D eigenvalue weighted by atomic mass is 79.9. The largest absolute Gasteiger partial charge is 0.316 e. The van der Waals surface area contributed by atoms with Crippen LogP contribution in [0.3, 0.4) is 0 Å². The van der Waals surface area contributed by atoms with Gasteiger partial charge in [-0.3, -0.25) is 4.68 Å². The number of halogens is 1. The lowest BCUT2D eigenvalue weighted by Gasteiger charge is -2.20. The van der Waals surface area contributed by atoms with Crippen molar-refractivity contribution < 1.29 is 0 Å². The fourth-order valence-corrected chi connectivity index (χ4v) is 3.76. The zero-order valence-corrected chi connectivity index (χ0v) is 14.0. The van der Waals surface area contributed by atoms with E-state index in [1.165, 1.54) is 42.4 Å². The van der Waals surface area contributed by atoms with Gasteiger partial charge in [0.05, 0.1) is 15.9 Å². The van der Waals surface area contributed by atoms with Gasteiger partial charge in [0.25, 0.3) is 0 Å². The number of aromatic nitrogens is 2. The SMILES string of the molecule is CCCNCC1CCCC1Cc1c(Br)c(C)nn1C. The van der Waals surface area contributed by atoms with Crippen molar-refractivity contribution in [1.29, 1.82) is 0 Å². The monoisotopic (exact) mass is 327 g/mol. The van der Waals surface area contributed by atoms with E-state index in [9.17, 15) is 0 Å². The van der Waals surface area contributed by atoms with E-state index in [1.54, 1.807) is 0 Å². The van der Waals surface area contributed by atoms with Crippen molar-refractivity contribution in [3.63, 3.8) is 0 Å². The molecule has 0 saturated heterocycles. The lowest BCUT2D eigenvalue weighted by atomic mass is 9.91. The molecule has 4 heteroatoms. The highest BCUT2D eigenvalue weighted by Gasteiger charge is 2.28. The maximum Gasteiger partial charge on any atom is 0.0738 e. The Hall–Kier alpha value is -0.350. The second-order valence-corrected chi connectivity index (χ2v) is 6.62. The van der Waals surface area contributed by atoms with Crippen molar-refractivity contribution in [3.8, 4) is 0 Å². The second-order valence-electron chi connectivity index (χ2n) is 5.83. The van der Waals surface area contributed by atoms with Crippen LogP contribution in [0.4, 0.5) is 0 Å². The van der Waals surface area contributed by atoms with Gasteiger partial charge in [-0.15, -0.1) is 0 Å². The smallest absolute Gasteiger partial charge is 0.0738 e. The first-order valence-electron chi connectivity index (χ1n) is 7.52. The molecule has 2 rings (SSSR count). The molecule has 1 saturated carbocycles. The number of nitrogens with zero attached hydrogens (tertiary/aromatic N) is 2. The molecule has 0 spiro atoms. The summed E-state index contributed by atoms with van der Waals surface area (Å²) in [5.41, 5.74) is 2.47. The fourth-order valence-electron chi connectivity index (χ4n) is 3.27. The minimum absolute atomic E-state index is 0.815. The van der Waals surface area contributed by atoms with Gasteiger partial charge >= 0.3 is 0 Å². The van der Waals surface area contributed by atoms with E-state index < -0.39 is 0 Å². The Kier molecular flexibility index (Phi) is 5.46. The Balaban J connectivity index is 1.97. The molecule has 0 amide bonds. The third kappa shape index (κ3) is 3.60. The second kappa shape index (κ2) is 6.89. The predicted molar refractivity (Wildman–Crippen MR) is 83.3 cm³/mol. The van der Waals surface area contributed by atoms with E-state index in [0.29, 0.717) is 0 Å². The fraction of sp³-hybridized carbons (Fsp3) is 0.800. The highest BCUT2D eigenvalue weighted by molar-refractivity contribution is 9.10. The van der Waals surface area contributed by atoms with Crippen LogP contribution in [0.1, 0.15) is 44.0 Å². The van der Waals surface area contributed by atoms with Gasteiger partial charge in [-0.05, 0) is 73.5 Å². The molecule has 1 aromatic rings. The summed E-state index contributed by atoms with van der Waals surface area (Å²) in [5.74, 6) is 1.66. The summed E-state index contributed by atoms with van der Waals surface area (Å²) in [6.07, 6.45) is 6.53. The third-order valence-electron chi connectivity index (χ3n) is 4.37. The molecule has 108 valence electrons. The predicted octanol–water partition coefficient (Wildman–Crippen LogP) is 3.45. The maximum atomic E-state index is 4.51. The van der Waals surface area contributed by atoms with Crippen molar-refractivity contribution >= 4 is 15.9 Å². The minimum Gasteiger partial charge on any atom is -0.316 e. The van der Waals surface area contributed by atoms with Crippen LogP contribution in [0.25, 0.3) is 0 Å². The van der Waals surface area contributed by atoms with Crippen molar-refractivity contribution in [2.24, 2.45) is 18.9 Å². The summed E-state index contributed by atoms with van der Waals surface area (Å²) in [5, 5.41) is 8.10. The van der Waals surface area contributed by atoms with Crippen molar-refractivity contribution in [3.05, 3.63) is 15.9 Å². The molecule has 1 N–H and O–H groups in total. The lowest BCUT2D eigenvalue weighted by molar-refractivity contribution is 0.359. The van der Waals surface area contributed by atoms with E-state index in [-0.39, 0.29) is 0 Å². The molecule has 2 atom stereocenters. The van der Waals surface area contributed by atoms with Crippen molar-refractivity contribution in [1.82, 2.24) is 15.1 Å². The highest BCUT2D eigenvalue weighted by Crippen LogP contribution is 2.35. The third-order valence-corrected chi connectivity index (χ3v) is 5.40. The molecule has 1 aromatic heterocycles. The molecule has 1 heterocycles. The van der Waals surface area contributed by atoms with Crippen molar-refractivity contribution in [2.45, 2.75) is 46.0 Å². The Labute approximate surface area is 125 Å². The first kappa shape index (κ1) is 15.0. The average molecular weight is 328 g/mol. The zero-order valence-electron chi connectivity index (χ0n) is 12.4. The standard InChI is InChI=1S/C15H26BrN3/c1-4-8-17-10-13-7-5-6-12(13)9-14-15(16)11(2)18-19(14)3/h12-13,17H,4-10H2,1-3H3. The number of aryl methyl sites for hydroxylation is 2. The van der Waals surface area contributed by atoms with Gasteiger partial charge in [0.2, 0.25) is 0 Å². The van der Waals surface area contributed by atoms with Crippen LogP contribution in [-0.4, -0.2) is 22.9 Å². The number of rotatable bonds is 6. The molecule has 3 nitrogen and oxygen atoms in total. The molecule has 1 aliphatic carbocycles. The summed E-state index contributed by atoms with van der Waals surface area (Å²) in [4.78, 5) is 0. The van der Waals surface area contributed by atoms with Crippen LogP contribution in [0.2, 0.25) is 0 Å². The first-order chi connectivity index (χ1) is 9.13. The molecule has 1 fully saturated rings. The molecular weight excluding hydrogens is 302 g/mol. The number of nitrogens with one attached hydrogen (secondary N) is 1. The van der Waals surface area contributed by atoms with Crippen LogP contribution in [0, 0.1) is 18.8 Å². The molecule has 0 aliphatic heterocycles. The molecular formula is C15H26BrN3. The Morgan fingerprint density at radius 1 is 1.37 bits per heavy atom. The van der Waals surface area contributed by atoms with Gasteiger partial charge in [0.15, 0.2) is 0 Å². The summed E-state index contributed by atoms with van der Waals surface area (Å²) in [6.45, 7) is 6.64. The molecule has 1 aliphatic rings. The maximum absolute atomic E-state index is 4.51. The minimum atomic E-state index is 0.815. The van der Waals surface area contributed by atoms with Gasteiger partial charge in [-0.25, -0.2) is 0 Å². The van der Waals surface area contributed by atoms with Crippen LogP contribution in [0.15, 0.2) is 4.47 Å². The van der Waals surface area contributed by atoms with Gasteiger partial charge in [0, 0.05) is 7.05 Å². The van der Waals surface area contributed by atoms with E-state index in [2.05, 4.69) is 47.2 Å². The number of hydrogen-bond donors (Lipinski definition) is 1. The quantitative estimate of drug-likeness (QED) is 0.811. The Morgan fingerprint density at radius 2 is 2.11 bits per heavy atom. The summed E-state index contributed by atoms with van der Waals surface area (Å²) in [6, 6.07) is 0. The first-order valence-corrected chi connectivity index (χ1v) is 8.31. The van der Waals surface area contributed by atoms with Gasteiger partial charge in [0.1, 0.15) is 0 Å². The summed E-state index contributed by atoms with van der Waals surface area (Å²) in [7, 11) is 2.06. The molecule has 2 unspecified atom stereocenters. The molecule has 0 radical (unpaired) electrons. The van der Waals surface area contributed by atoms with E-state index in [1.807, 2.05) is 4.68 Å². The van der Waals surface area contributed by atoms with E-state index >= 15 is 0 Å². The normalized spacial score (nSPS) is 23.2. The molecule has 19 heavy (non-hydrogen) atoms. The van der Waals surface area contributed by atoms with Crippen LogP contribution < -0.4 is 5.32 Å². The van der Waals surface area contributed by atoms with Crippen molar-refractivity contribution in [2.75, 3.05) is 13.1 Å². The summed E-state index contributed by atoms with van der Waals surface area (Å²) < 4.78 is 3.26. The van der Waals surface area contributed by atoms with E-state index in [0.717, 1.165) is 30.5 Å². The summed E-state index contributed by atoms with van der Waals surface area (Å²) >= 11 is 3.69. The zero-order chi connectivity index (χ0) is 13.8. The van der Waals surface area contributed by atoms with Crippen LogP contribution >= 0.6 is 15.9 Å². The Morgan fingerprint density at radius 3 is 2.74 bits per heavy atom. The Bertz CT molecular complexity index is 414. The molecule has 0 aromatic carbocycles. The average Bonchev–Trinajstić information content (AvgIpc) is 2.91. The van der Waals surface area contributed by atoms with E-state index in [4.69, 9.17) is 0 Å².